The molecule has 1 aromatic rings. The van der Waals surface area contributed by atoms with E-state index >= 15 is 0 Å². The summed E-state index contributed by atoms with van der Waals surface area (Å²) >= 11 is 5.59. The Hall–Kier alpha value is -1.57. The van der Waals surface area contributed by atoms with Gasteiger partial charge in [0.25, 0.3) is 5.69 Å². The Morgan fingerprint density at radius 3 is 2.86 bits per heavy atom. The van der Waals surface area contributed by atoms with Crippen LogP contribution in [0.4, 0.5) is 5.69 Å². The van der Waals surface area contributed by atoms with Crippen LogP contribution in [-0.4, -0.2) is 16.6 Å². The fourth-order valence-corrected chi connectivity index (χ4v) is 1.06. The molecule has 4 nitrogen and oxygen atoms in total. The summed E-state index contributed by atoms with van der Waals surface area (Å²) in [7, 11) is 0. The molecule has 0 saturated carbocycles. The highest BCUT2D eigenvalue weighted by Gasteiger charge is 2.11. The van der Waals surface area contributed by atoms with E-state index in [1.54, 1.807) is 0 Å². The van der Waals surface area contributed by atoms with Crippen LogP contribution in [0.5, 0.6) is 0 Å². The first kappa shape index (κ1) is 10.5. The van der Waals surface area contributed by atoms with Crippen molar-refractivity contribution >= 4 is 17.3 Å². The van der Waals surface area contributed by atoms with Crippen LogP contribution in [0.3, 0.4) is 0 Å². The molecule has 0 aliphatic heterocycles. The Kier molecular flexibility index (Phi) is 3.46. The minimum atomic E-state index is -0.562. The van der Waals surface area contributed by atoms with Gasteiger partial charge in [-0.2, -0.15) is 0 Å². The molecule has 0 bridgehead atoms. The molecule has 0 radical (unpaired) electrons. The monoisotopic (exact) mass is 211 g/mol. The minimum Gasteiger partial charge on any atom is -0.384 e. The molecule has 0 aromatic heterocycles. The van der Waals surface area contributed by atoms with E-state index in [1.165, 1.54) is 18.2 Å². The molecule has 0 heterocycles. The lowest BCUT2D eigenvalue weighted by Crippen LogP contribution is -1.92. The van der Waals surface area contributed by atoms with Gasteiger partial charge in [0.15, 0.2) is 0 Å². The van der Waals surface area contributed by atoms with Gasteiger partial charge in [-0.05, 0) is 12.1 Å². The topological polar surface area (TPSA) is 63.4 Å². The van der Waals surface area contributed by atoms with Gasteiger partial charge in [-0.1, -0.05) is 23.4 Å². The van der Waals surface area contributed by atoms with Gasteiger partial charge in [0, 0.05) is 11.1 Å². The molecular weight excluding hydrogens is 206 g/mol. The molecule has 1 aromatic carbocycles. The molecule has 1 N–H and O–H groups in total. The zero-order valence-corrected chi connectivity index (χ0v) is 7.78. The van der Waals surface area contributed by atoms with Crippen molar-refractivity contribution in [1.29, 1.82) is 0 Å². The molecule has 0 atom stereocenters. The largest absolute Gasteiger partial charge is 0.384 e. The Morgan fingerprint density at radius 2 is 2.29 bits per heavy atom. The SMILES string of the molecule is O=[N+]([O-])c1cc(Cl)ccc1C#CCO. The van der Waals surface area contributed by atoms with Gasteiger partial charge in [-0.3, -0.25) is 10.1 Å². The van der Waals surface area contributed by atoms with Gasteiger partial charge in [0.05, 0.1) is 4.92 Å². The molecule has 1 rings (SSSR count). The summed E-state index contributed by atoms with van der Waals surface area (Å²) in [5, 5.41) is 19.3. The van der Waals surface area contributed by atoms with Crippen molar-refractivity contribution in [1.82, 2.24) is 0 Å². The summed E-state index contributed by atoms with van der Waals surface area (Å²) in [6.45, 7) is -0.334. The number of aliphatic hydroxyl groups is 1. The number of nitro benzene ring substituents is 1. The van der Waals surface area contributed by atoms with Crippen LogP contribution >= 0.6 is 11.6 Å². The second-order valence-corrected chi connectivity index (χ2v) is 2.81. The highest BCUT2D eigenvalue weighted by Crippen LogP contribution is 2.22. The molecule has 5 heteroatoms. The summed E-state index contributed by atoms with van der Waals surface area (Å²) in [5.41, 5.74) is 0.0897. The van der Waals surface area contributed by atoms with Gasteiger partial charge in [0.2, 0.25) is 0 Å². The van der Waals surface area contributed by atoms with Crippen molar-refractivity contribution in [2.75, 3.05) is 6.61 Å². The molecule has 0 unspecified atom stereocenters. The van der Waals surface area contributed by atoms with E-state index < -0.39 is 4.92 Å². The zero-order valence-electron chi connectivity index (χ0n) is 7.03. The van der Waals surface area contributed by atoms with Crippen molar-refractivity contribution in [2.45, 2.75) is 0 Å². The Labute approximate surface area is 85.3 Å². The molecule has 0 aliphatic rings. The molecule has 0 fully saturated rings. The van der Waals surface area contributed by atoms with E-state index in [0.717, 1.165) is 0 Å². The van der Waals surface area contributed by atoms with Crippen molar-refractivity contribution < 1.29 is 10.0 Å². The number of aliphatic hydroxyl groups excluding tert-OH is 1. The van der Waals surface area contributed by atoms with Gasteiger partial charge in [-0.15, -0.1) is 0 Å². The van der Waals surface area contributed by atoms with Gasteiger partial charge in [-0.25, -0.2) is 0 Å². The normalized spacial score (nSPS) is 9.00. The fraction of sp³-hybridized carbons (Fsp3) is 0.111. The van der Waals surface area contributed by atoms with Gasteiger partial charge in [0.1, 0.15) is 12.2 Å². The number of halogens is 1. The predicted octanol–water partition coefficient (Wildman–Crippen LogP) is 1.59. The first-order chi connectivity index (χ1) is 6.65. The van der Waals surface area contributed by atoms with Crippen LogP contribution in [0, 0.1) is 22.0 Å². The summed E-state index contributed by atoms with van der Waals surface area (Å²) < 4.78 is 0. The fourth-order valence-electron chi connectivity index (χ4n) is 0.896. The zero-order chi connectivity index (χ0) is 10.6. The van der Waals surface area contributed by atoms with Gasteiger partial charge < -0.3 is 5.11 Å². The average molecular weight is 212 g/mol. The Bertz CT molecular complexity index is 420. The van der Waals surface area contributed by atoms with E-state index in [1.807, 2.05) is 0 Å². The van der Waals surface area contributed by atoms with Crippen molar-refractivity contribution in [3.63, 3.8) is 0 Å². The quantitative estimate of drug-likeness (QED) is 0.436. The summed E-state index contributed by atoms with van der Waals surface area (Å²) in [6, 6.07) is 4.18. The van der Waals surface area contributed by atoms with E-state index in [9.17, 15) is 10.1 Å². The number of rotatable bonds is 1. The predicted molar refractivity (Wildman–Crippen MR) is 52.1 cm³/mol. The van der Waals surface area contributed by atoms with Crippen molar-refractivity contribution in [3.8, 4) is 11.8 Å². The number of benzene rings is 1. The highest BCUT2D eigenvalue weighted by atomic mass is 35.5. The lowest BCUT2D eigenvalue weighted by Gasteiger charge is -1.95. The van der Waals surface area contributed by atoms with Crippen molar-refractivity contribution in [3.05, 3.63) is 38.9 Å². The van der Waals surface area contributed by atoms with Gasteiger partial charge >= 0.3 is 0 Å². The number of hydrogen-bond donors (Lipinski definition) is 1. The molecule has 72 valence electrons. The number of nitro groups is 1. The summed E-state index contributed by atoms with van der Waals surface area (Å²) in [4.78, 5) is 9.99. The lowest BCUT2D eigenvalue weighted by atomic mass is 10.2. The van der Waals surface area contributed by atoms with E-state index in [4.69, 9.17) is 16.7 Å². The van der Waals surface area contributed by atoms with Crippen LogP contribution in [0.2, 0.25) is 5.02 Å². The molecule has 0 aliphatic carbocycles. The van der Waals surface area contributed by atoms with Crippen LogP contribution in [-0.2, 0) is 0 Å². The molecule has 0 saturated heterocycles. The van der Waals surface area contributed by atoms with E-state index in [-0.39, 0.29) is 22.9 Å². The van der Waals surface area contributed by atoms with Crippen LogP contribution in [0.1, 0.15) is 5.56 Å². The van der Waals surface area contributed by atoms with Crippen LogP contribution < -0.4 is 0 Å². The highest BCUT2D eigenvalue weighted by molar-refractivity contribution is 6.30. The van der Waals surface area contributed by atoms with E-state index in [2.05, 4.69) is 11.8 Å². The lowest BCUT2D eigenvalue weighted by molar-refractivity contribution is -0.385. The summed E-state index contributed by atoms with van der Waals surface area (Å²) in [6.07, 6.45) is 0. The summed E-state index contributed by atoms with van der Waals surface area (Å²) in [5.74, 6) is 4.81. The van der Waals surface area contributed by atoms with Crippen molar-refractivity contribution in [2.24, 2.45) is 0 Å². The van der Waals surface area contributed by atoms with E-state index in [0.29, 0.717) is 0 Å². The molecule has 0 spiro atoms. The number of nitrogens with zero attached hydrogens (tertiary/aromatic N) is 1. The maximum absolute atomic E-state index is 10.6. The van der Waals surface area contributed by atoms with Crippen LogP contribution in [0.25, 0.3) is 0 Å². The molecular formula is C9H6ClNO3. The third-order valence-corrected chi connectivity index (χ3v) is 1.69. The maximum Gasteiger partial charge on any atom is 0.286 e. The average Bonchev–Trinajstić information content (AvgIpc) is 2.15. The van der Waals surface area contributed by atoms with Crippen LogP contribution in [0.15, 0.2) is 18.2 Å². The second-order valence-electron chi connectivity index (χ2n) is 2.38. The molecule has 0 amide bonds. The molecule has 14 heavy (non-hydrogen) atoms. The first-order valence-corrected chi connectivity index (χ1v) is 4.06. The first-order valence-electron chi connectivity index (χ1n) is 3.69. The second kappa shape index (κ2) is 4.61. The maximum atomic E-state index is 10.6. The minimum absolute atomic E-state index is 0.154. The smallest absolute Gasteiger partial charge is 0.286 e. The Balaban J connectivity index is 3.22. The Morgan fingerprint density at radius 1 is 1.57 bits per heavy atom. The number of hydrogen-bond acceptors (Lipinski definition) is 3. The third kappa shape index (κ3) is 2.46. The standard InChI is InChI=1S/C9H6ClNO3/c10-8-4-3-7(2-1-5-12)9(6-8)11(13)14/h3-4,6,12H,5H2. The third-order valence-electron chi connectivity index (χ3n) is 1.46.